The number of amides is 2. The van der Waals surface area contributed by atoms with Gasteiger partial charge in [0.05, 0.1) is 6.04 Å². The lowest BCUT2D eigenvalue weighted by Gasteiger charge is -2.23. The van der Waals surface area contributed by atoms with Gasteiger partial charge in [-0.1, -0.05) is 54.1 Å². The van der Waals surface area contributed by atoms with E-state index in [4.69, 9.17) is 21.4 Å². The molecule has 0 aliphatic heterocycles. The Morgan fingerprint density at radius 2 is 1.72 bits per heavy atom. The van der Waals surface area contributed by atoms with Crippen molar-refractivity contribution in [3.8, 4) is 11.3 Å². The summed E-state index contributed by atoms with van der Waals surface area (Å²) >= 11 is 6.44. The summed E-state index contributed by atoms with van der Waals surface area (Å²) in [4.78, 5) is 43.1. The van der Waals surface area contributed by atoms with Crippen molar-refractivity contribution < 1.29 is 24.2 Å². The van der Waals surface area contributed by atoms with E-state index >= 15 is 0 Å². The van der Waals surface area contributed by atoms with Gasteiger partial charge in [0.1, 0.15) is 28.2 Å². The Morgan fingerprint density at radius 3 is 2.31 bits per heavy atom. The third kappa shape index (κ3) is 7.32. The van der Waals surface area contributed by atoms with Crippen LogP contribution in [0.15, 0.2) is 54.6 Å². The Kier molecular flexibility index (Phi) is 8.37. The second kappa shape index (κ2) is 11.3. The van der Waals surface area contributed by atoms with Crippen molar-refractivity contribution in [2.45, 2.75) is 45.8 Å². The number of H-pyrrole nitrogens is 1. The van der Waals surface area contributed by atoms with Gasteiger partial charge in [0.25, 0.3) is 0 Å². The number of carbonyl (C=O) groups is 3. The average Bonchev–Trinajstić information content (AvgIpc) is 3.17. The summed E-state index contributed by atoms with van der Waals surface area (Å²) in [5.41, 5.74) is 1.90. The van der Waals surface area contributed by atoms with Crippen molar-refractivity contribution in [2.24, 2.45) is 5.92 Å². The molecule has 0 saturated heterocycles. The van der Waals surface area contributed by atoms with Gasteiger partial charge in [-0.2, -0.15) is 0 Å². The highest BCUT2D eigenvalue weighted by atomic mass is 35.5. The molecule has 9 nitrogen and oxygen atoms in total. The molecule has 0 radical (unpaired) electrons. The van der Waals surface area contributed by atoms with Gasteiger partial charge in [0, 0.05) is 17.7 Å². The number of aromatic nitrogens is 2. The SMILES string of the molecule is CC(C(=O)O)C(=O)Nc1ccc(-c2nc(C[C@H](NC(=O)OC(C)(C)C)c3ccccc3)[nH]c2Cl)cc1. The van der Waals surface area contributed by atoms with Crippen LogP contribution in [0.25, 0.3) is 11.3 Å². The van der Waals surface area contributed by atoms with E-state index in [1.54, 1.807) is 45.0 Å². The molecule has 1 unspecified atom stereocenters. The fourth-order valence-electron chi connectivity index (χ4n) is 3.34. The quantitative estimate of drug-likeness (QED) is 0.307. The first-order chi connectivity index (χ1) is 16.9. The van der Waals surface area contributed by atoms with Gasteiger partial charge in [0.15, 0.2) is 0 Å². The lowest BCUT2D eigenvalue weighted by atomic mass is 10.0. The van der Waals surface area contributed by atoms with Gasteiger partial charge < -0.3 is 25.5 Å². The zero-order valence-electron chi connectivity index (χ0n) is 20.5. The van der Waals surface area contributed by atoms with Crippen LogP contribution in [-0.2, 0) is 20.7 Å². The number of aromatic amines is 1. The number of carbonyl (C=O) groups excluding carboxylic acids is 2. The Bertz CT molecular complexity index is 1220. The molecule has 1 aromatic heterocycles. The molecule has 36 heavy (non-hydrogen) atoms. The predicted molar refractivity (Wildman–Crippen MR) is 137 cm³/mol. The fourth-order valence-corrected chi connectivity index (χ4v) is 3.60. The smallest absolute Gasteiger partial charge is 0.408 e. The fraction of sp³-hybridized carbons (Fsp3) is 0.308. The molecule has 3 rings (SSSR count). The maximum absolute atomic E-state index is 12.5. The van der Waals surface area contributed by atoms with Gasteiger partial charge in [-0.3, -0.25) is 9.59 Å². The molecule has 0 aliphatic carbocycles. The van der Waals surface area contributed by atoms with E-state index in [2.05, 4.69) is 20.6 Å². The molecule has 0 spiro atoms. The molecule has 0 fully saturated rings. The van der Waals surface area contributed by atoms with E-state index < -0.39 is 35.5 Å². The molecule has 2 amide bonds. The van der Waals surface area contributed by atoms with E-state index in [0.29, 0.717) is 34.3 Å². The van der Waals surface area contributed by atoms with Crippen LogP contribution in [0.1, 0.15) is 45.1 Å². The van der Waals surface area contributed by atoms with Crippen LogP contribution in [0.2, 0.25) is 5.15 Å². The first-order valence-electron chi connectivity index (χ1n) is 11.4. The number of halogens is 1. The van der Waals surface area contributed by atoms with Gasteiger partial charge in [-0.05, 0) is 45.4 Å². The second-order valence-corrected chi connectivity index (χ2v) is 9.66. The summed E-state index contributed by atoms with van der Waals surface area (Å²) in [6.07, 6.45) is -0.200. The molecule has 0 saturated carbocycles. The number of imidazole rings is 1. The molecule has 1 heterocycles. The number of rotatable bonds is 8. The zero-order chi connectivity index (χ0) is 26.5. The number of anilines is 1. The number of aliphatic carboxylic acids is 1. The highest BCUT2D eigenvalue weighted by molar-refractivity contribution is 6.31. The summed E-state index contributed by atoms with van der Waals surface area (Å²) in [5, 5.41) is 14.8. The zero-order valence-corrected chi connectivity index (χ0v) is 21.2. The topological polar surface area (TPSA) is 133 Å². The number of benzene rings is 2. The predicted octanol–water partition coefficient (Wildman–Crippen LogP) is 5.20. The Morgan fingerprint density at radius 1 is 1.08 bits per heavy atom. The normalized spacial score (nSPS) is 12.9. The number of ether oxygens (including phenoxy) is 1. The molecule has 0 bridgehead atoms. The van der Waals surface area contributed by atoms with Crippen molar-refractivity contribution in [1.29, 1.82) is 0 Å². The third-order valence-electron chi connectivity index (χ3n) is 5.19. The van der Waals surface area contributed by atoms with Crippen LogP contribution in [0, 0.1) is 5.92 Å². The summed E-state index contributed by atoms with van der Waals surface area (Å²) in [7, 11) is 0. The maximum atomic E-state index is 12.5. The number of carboxylic acid groups (broad SMARTS) is 1. The Labute approximate surface area is 214 Å². The molecule has 2 aromatic carbocycles. The van der Waals surface area contributed by atoms with Crippen molar-refractivity contribution >= 4 is 35.3 Å². The largest absolute Gasteiger partial charge is 0.481 e. The van der Waals surface area contributed by atoms with Crippen molar-refractivity contribution in [3.05, 3.63) is 71.1 Å². The maximum Gasteiger partial charge on any atom is 0.408 e. The minimum atomic E-state index is -1.20. The van der Waals surface area contributed by atoms with Crippen molar-refractivity contribution in [1.82, 2.24) is 15.3 Å². The van der Waals surface area contributed by atoms with Gasteiger partial charge in [-0.15, -0.1) is 0 Å². The molecule has 190 valence electrons. The summed E-state index contributed by atoms with van der Waals surface area (Å²) < 4.78 is 5.42. The number of alkyl carbamates (subject to hydrolysis) is 1. The first kappa shape index (κ1) is 26.7. The number of nitrogens with zero attached hydrogens (tertiary/aromatic N) is 1. The Balaban J connectivity index is 1.77. The highest BCUT2D eigenvalue weighted by Gasteiger charge is 2.23. The average molecular weight is 513 g/mol. The second-order valence-electron chi connectivity index (χ2n) is 9.29. The Hall–Kier alpha value is -3.85. The summed E-state index contributed by atoms with van der Waals surface area (Å²) in [6.45, 7) is 6.71. The van der Waals surface area contributed by atoms with E-state index in [-0.39, 0.29) is 0 Å². The van der Waals surface area contributed by atoms with E-state index in [9.17, 15) is 14.4 Å². The van der Waals surface area contributed by atoms with Gasteiger partial charge >= 0.3 is 12.1 Å². The molecule has 2 atom stereocenters. The lowest BCUT2D eigenvalue weighted by molar-refractivity contribution is -0.144. The van der Waals surface area contributed by atoms with Gasteiger partial charge in [0.2, 0.25) is 5.91 Å². The van der Waals surface area contributed by atoms with E-state index in [1.807, 2.05) is 30.3 Å². The number of carboxylic acids is 1. The van der Waals surface area contributed by atoms with Crippen molar-refractivity contribution in [3.63, 3.8) is 0 Å². The molecule has 10 heteroatoms. The third-order valence-corrected chi connectivity index (χ3v) is 5.46. The number of hydrogen-bond donors (Lipinski definition) is 4. The number of hydrogen-bond acceptors (Lipinski definition) is 5. The molecule has 3 aromatic rings. The number of nitrogens with one attached hydrogen (secondary N) is 3. The minimum absolute atomic E-state index is 0.324. The molecular formula is C26H29ClN4O5. The molecule has 0 aliphatic rings. The van der Waals surface area contributed by atoms with E-state index in [0.717, 1.165) is 5.56 Å². The molecular weight excluding hydrogens is 484 g/mol. The molecule has 4 N–H and O–H groups in total. The van der Waals surface area contributed by atoms with Crippen LogP contribution in [0.4, 0.5) is 10.5 Å². The highest BCUT2D eigenvalue weighted by Crippen LogP contribution is 2.28. The van der Waals surface area contributed by atoms with Crippen LogP contribution in [-0.4, -0.2) is 38.6 Å². The van der Waals surface area contributed by atoms with E-state index in [1.165, 1.54) is 6.92 Å². The van der Waals surface area contributed by atoms with Crippen LogP contribution < -0.4 is 10.6 Å². The standard InChI is InChI=1S/C26H29ClN4O5/c1-15(24(33)34)23(32)28-18-12-10-17(11-13-18)21-22(27)31-20(30-21)14-19(16-8-6-5-7-9-16)29-25(35)36-26(2,3)4/h5-13,15,19H,14H2,1-4H3,(H,28,32)(H,29,35)(H,30,31)(H,33,34)/t15?,19-/m0/s1. The summed E-state index contributed by atoms with van der Waals surface area (Å²) in [5.74, 6) is -2.41. The minimum Gasteiger partial charge on any atom is -0.481 e. The van der Waals surface area contributed by atoms with Gasteiger partial charge in [-0.25, -0.2) is 9.78 Å². The lowest BCUT2D eigenvalue weighted by Crippen LogP contribution is -2.35. The summed E-state index contributed by atoms with van der Waals surface area (Å²) in [6, 6.07) is 15.8. The van der Waals surface area contributed by atoms with Crippen LogP contribution in [0.5, 0.6) is 0 Å². The first-order valence-corrected chi connectivity index (χ1v) is 11.7. The van der Waals surface area contributed by atoms with Crippen molar-refractivity contribution in [2.75, 3.05) is 5.32 Å². The van der Waals surface area contributed by atoms with Crippen LogP contribution >= 0.6 is 11.6 Å². The monoisotopic (exact) mass is 512 g/mol. The van der Waals surface area contributed by atoms with Crippen LogP contribution in [0.3, 0.4) is 0 Å².